The number of hydrogen-bond donors (Lipinski definition) is 0. The van der Waals surface area contributed by atoms with Crippen molar-refractivity contribution in [2.45, 2.75) is 38.1 Å². The van der Waals surface area contributed by atoms with E-state index in [0.29, 0.717) is 13.0 Å². The molecule has 0 spiro atoms. The highest BCUT2D eigenvalue weighted by atomic mass is 16.8. The average molecular weight is 296 g/mol. The van der Waals surface area contributed by atoms with Crippen molar-refractivity contribution in [3.05, 3.63) is 12.2 Å². The quantitative estimate of drug-likeness (QED) is 0.586. The summed E-state index contributed by atoms with van der Waals surface area (Å²) in [6, 6.07) is 0. The van der Waals surface area contributed by atoms with E-state index >= 15 is 0 Å². The Labute approximate surface area is 123 Å². The Kier molecular flexibility index (Phi) is 4.14. The lowest BCUT2D eigenvalue weighted by molar-refractivity contribution is -0.158. The van der Waals surface area contributed by atoms with Crippen molar-refractivity contribution in [3.8, 4) is 0 Å². The van der Waals surface area contributed by atoms with Crippen molar-refractivity contribution in [1.29, 1.82) is 0 Å². The monoisotopic (exact) mass is 296 g/mol. The summed E-state index contributed by atoms with van der Waals surface area (Å²) < 4.78 is 20.7. The van der Waals surface area contributed by atoms with Crippen LogP contribution < -0.4 is 0 Å². The summed E-state index contributed by atoms with van der Waals surface area (Å²) in [5.74, 6) is -0.603. The number of allylic oxidation sites excluding steroid dienone is 1. The van der Waals surface area contributed by atoms with Gasteiger partial charge >= 0.3 is 12.1 Å². The Bertz CT molecular complexity index is 439. The van der Waals surface area contributed by atoms with Crippen molar-refractivity contribution in [2.75, 3.05) is 13.7 Å². The summed E-state index contributed by atoms with van der Waals surface area (Å²) in [6.07, 6.45) is 5.67. The van der Waals surface area contributed by atoms with E-state index in [1.165, 1.54) is 7.11 Å². The highest BCUT2D eigenvalue weighted by Gasteiger charge is 2.51. The molecule has 2 fully saturated rings. The van der Waals surface area contributed by atoms with E-state index in [4.69, 9.17) is 18.9 Å². The van der Waals surface area contributed by atoms with Crippen LogP contribution in [0.15, 0.2) is 12.2 Å². The van der Waals surface area contributed by atoms with Gasteiger partial charge in [0.15, 0.2) is 0 Å². The maximum atomic E-state index is 11.9. The molecule has 2 bridgehead atoms. The molecule has 21 heavy (non-hydrogen) atoms. The second-order valence-electron chi connectivity index (χ2n) is 5.74. The van der Waals surface area contributed by atoms with Crippen LogP contribution in [0.1, 0.15) is 25.7 Å². The molecule has 1 aliphatic heterocycles. The fourth-order valence-corrected chi connectivity index (χ4v) is 3.43. The highest BCUT2D eigenvalue weighted by molar-refractivity contribution is 5.75. The zero-order valence-electron chi connectivity index (χ0n) is 12.0. The predicted molar refractivity (Wildman–Crippen MR) is 71.2 cm³/mol. The van der Waals surface area contributed by atoms with E-state index in [1.54, 1.807) is 0 Å². The van der Waals surface area contributed by atoms with Crippen LogP contribution in [0.5, 0.6) is 0 Å². The molecule has 0 amide bonds. The van der Waals surface area contributed by atoms with Crippen LogP contribution in [0.3, 0.4) is 0 Å². The first kappa shape index (κ1) is 14.4. The van der Waals surface area contributed by atoms with E-state index in [-0.39, 0.29) is 17.8 Å². The molecule has 1 saturated heterocycles. The van der Waals surface area contributed by atoms with Gasteiger partial charge in [-0.3, -0.25) is 4.79 Å². The van der Waals surface area contributed by atoms with Crippen molar-refractivity contribution in [1.82, 2.24) is 0 Å². The van der Waals surface area contributed by atoms with Crippen LogP contribution >= 0.6 is 0 Å². The molecule has 6 nitrogen and oxygen atoms in total. The second-order valence-corrected chi connectivity index (χ2v) is 5.74. The SMILES string of the molecule is COC(=O)C1C2C=CC(C2)C1OC(=O)OC1CCCCO1. The molecule has 1 heterocycles. The molecule has 0 aromatic heterocycles. The molecule has 0 N–H and O–H groups in total. The zero-order chi connectivity index (χ0) is 14.8. The summed E-state index contributed by atoms with van der Waals surface area (Å²) in [5, 5.41) is 0. The van der Waals surface area contributed by atoms with Gasteiger partial charge in [-0.2, -0.15) is 0 Å². The van der Waals surface area contributed by atoms with Crippen LogP contribution in [-0.4, -0.2) is 38.2 Å². The maximum Gasteiger partial charge on any atom is 0.510 e. The van der Waals surface area contributed by atoms with Crippen molar-refractivity contribution >= 4 is 12.1 Å². The minimum absolute atomic E-state index is 0.0684. The molecule has 3 rings (SSSR count). The Hall–Kier alpha value is -1.56. The minimum Gasteiger partial charge on any atom is -0.469 e. The highest BCUT2D eigenvalue weighted by Crippen LogP contribution is 2.46. The summed E-state index contributed by atoms with van der Waals surface area (Å²) in [7, 11) is 1.35. The Balaban J connectivity index is 1.59. The lowest BCUT2D eigenvalue weighted by Gasteiger charge is -2.27. The summed E-state index contributed by atoms with van der Waals surface area (Å²) in [4.78, 5) is 23.8. The minimum atomic E-state index is -0.762. The van der Waals surface area contributed by atoms with E-state index < -0.39 is 24.5 Å². The summed E-state index contributed by atoms with van der Waals surface area (Å²) in [5.41, 5.74) is 0. The average Bonchev–Trinajstić information content (AvgIpc) is 3.08. The fraction of sp³-hybridized carbons (Fsp3) is 0.733. The van der Waals surface area contributed by atoms with Crippen molar-refractivity contribution in [2.24, 2.45) is 17.8 Å². The lowest BCUT2D eigenvalue weighted by atomic mass is 9.91. The van der Waals surface area contributed by atoms with Crippen LogP contribution in [0, 0.1) is 17.8 Å². The van der Waals surface area contributed by atoms with Crippen LogP contribution in [0.25, 0.3) is 0 Å². The molecular formula is C15H20O6. The topological polar surface area (TPSA) is 71.1 Å². The van der Waals surface area contributed by atoms with E-state index in [2.05, 4.69) is 0 Å². The number of rotatable bonds is 3. The second kappa shape index (κ2) is 6.05. The summed E-state index contributed by atoms with van der Waals surface area (Å²) >= 11 is 0. The first-order valence-corrected chi connectivity index (χ1v) is 7.44. The van der Waals surface area contributed by atoms with Gasteiger partial charge in [-0.25, -0.2) is 4.79 Å². The number of hydrogen-bond acceptors (Lipinski definition) is 6. The van der Waals surface area contributed by atoms with Crippen molar-refractivity contribution in [3.63, 3.8) is 0 Å². The Morgan fingerprint density at radius 3 is 2.67 bits per heavy atom. The first-order chi connectivity index (χ1) is 10.2. The molecule has 0 aromatic rings. The number of ether oxygens (including phenoxy) is 4. The Morgan fingerprint density at radius 2 is 1.95 bits per heavy atom. The normalized spacial score (nSPS) is 37.3. The molecule has 6 heteroatoms. The molecule has 5 unspecified atom stereocenters. The fourth-order valence-electron chi connectivity index (χ4n) is 3.43. The number of esters is 1. The van der Waals surface area contributed by atoms with Gasteiger partial charge in [0.25, 0.3) is 0 Å². The third kappa shape index (κ3) is 2.90. The van der Waals surface area contributed by atoms with Gasteiger partial charge in [0.05, 0.1) is 13.7 Å². The van der Waals surface area contributed by atoms with Gasteiger partial charge in [0.2, 0.25) is 6.29 Å². The smallest absolute Gasteiger partial charge is 0.469 e. The number of carbonyl (C=O) groups is 2. The van der Waals surface area contributed by atoms with Gasteiger partial charge in [-0.15, -0.1) is 0 Å². The zero-order valence-corrected chi connectivity index (χ0v) is 12.0. The van der Waals surface area contributed by atoms with Crippen LogP contribution in [0.2, 0.25) is 0 Å². The maximum absolute atomic E-state index is 11.9. The van der Waals surface area contributed by atoms with Gasteiger partial charge in [-0.05, 0) is 25.2 Å². The van der Waals surface area contributed by atoms with Gasteiger partial charge < -0.3 is 18.9 Å². The summed E-state index contributed by atoms with van der Waals surface area (Å²) in [6.45, 7) is 0.597. The van der Waals surface area contributed by atoms with Crippen LogP contribution in [-0.2, 0) is 23.7 Å². The molecular weight excluding hydrogens is 276 g/mol. The molecule has 116 valence electrons. The Morgan fingerprint density at radius 1 is 1.14 bits per heavy atom. The van der Waals surface area contributed by atoms with E-state index in [9.17, 15) is 9.59 Å². The van der Waals surface area contributed by atoms with Gasteiger partial charge in [0.1, 0.15) is 12.0 Å². The lowest BCUT2D eigenvalue weighted by Crippen LogP contribution is -2.37. The number of fused-ring (bicyclic) bond motifs is 2. The first-order valence-electron chi connectivity index (χ1n) is 7.44. The third-order valence-corrected chi connectivity index (χ3v) is 4.46. The third-order valence-electron chi connectivity index (χ3n) is 4.46. The van der Waals surface area contributed by atoms with Gasteiger partial charge in [0, 0.05) is 12.3 Å². The van der Waals surface area contributed by atoms with Crippen molar-refractivity contribution < 1.29 is 28.5 Å². The van der Waals surface area contributed by atoms with E-state index in [1.807, 2.05) is 12.2 Å². The van der Waals surface area contributed by atoms with E-state index in [0.717, 1.165) is 19.3 Å². The number of carbonyl (C=O) groups excluding carboxylic acids is 2. The molecule has 2 aliphatic carbocycles. The molecule has 0 radical (unpaired) electrons. The predicted octanol–water partition coefficient (Wildman–Crippen LogP) is 2.03. The van der Waals surface area contributed by atoms with Crippen LogP contribution in [0.4, 0.5) is 4.79 Å². The molecule has 0 aromatic carbocycles. The van der Waals surface area contributed by atoms with Gasteiger partial charge in [-0.1, -0.05) is 12.2 Å². The number of methoxy groups -OCH3 is 1. The standard InChI is InChI=1S/C15H20O6/c1-18-14(16)12-9-5-6-10(8-9)13(12)21-15(17)20-11-4-2-3-7-19-11/h5-6,9-13H,2-4,7-8H2,1H3. The largest absolute Gasteiger partial charge is 0.510 e. The molecule has 3 aliphatic rings. The molecule has 1 saturated carbocycles. The molecule has 5 atom stereocenters.